The Balaban J connectivity index is 2.77. The Labute approximate surface area is 98.6 Å². The fourth-order valence-electron chi connectivity index (χ4n) is 1.10. The third-order valence-electron chi connectivity index (χ3n) is 1.73. The lowest BCUT2D eigenvalue weighted by Crippen LogP contribution is -2.16. The fraction of sp³-hybridized carbons (Fsp3) is 0.167. The summed E-state index contributed by atoms with van der Waals surface area (Å²) in [6.07, 6.45) is -1.19. The van der Waals surface area contributed by atoms with Crippen LogP contribution in [0.1, 0.15) is 18.8 Å². The van der Waals surface area contributed by atoms with Crippen LogP contribution >= 0.6 is 0 Å². The van der Waals surface area contributed by atoms with Crippen molar-refractivity contribution in [1.29, 1.82) is 0 Å². The first kappa shape index (κ1) is 12.8. The van der Waals surface area contributed by atoms with Gasteiger partial charge in [-0.2, -0.15) is 0 Å². The molecule has 1 aromatic rings. The first-order valence-corrected chi connectivity index (χ1v) is 4.84. The van der Waals surface area contributed by atoms with Crippen molar-refractivity contribution in [1.82, 2.24) is 0 Å². The third kappa shape index (κ3) is 4.38. The summed E-state index contributed by atoms with van der Waals surface area (Å²) in [5, 5.41) is 0. The van der Waals surface area contributed by atoms with Gasteiger partial charge >= 0.3 is 12.1 Å². The molecule has 5 nitrogen and oxygen atoms in total. The molecule has 0 N–H and O–H groups in total. The van der Waals surface area contributed by atoms with Crippen molar-refractivity contribution in [2.75, 3.05) is 0 Å². The zero-order valence-corrected chi connectivity index (χ0v) is 9.29. The van der Waals surface area contributed by atoms with Crippen LogP contribution in [-0.2, 0) is 19.0 Å². The first-order chi connectivity index (χ1) is 8.13. The van der Waals surface area contributed by atoms with E-state index in [9.17, 15) is 9.59 Å². The Kier molecular flexibility index (Phi) is 4.75. The number of hydrogen-bond acceptors (Lipinski definition) is 5. The predicted molar refractivity (Wildman–Crippen MR) is 58.7 cm³/mol. The third-order valence-corrected chi connectivity index (χ3v) is 1.73. The van der Waals surface area contributed by atoms with Gasteiger partial charge in [-0.15, -0.1) is 0 Å². The van der Waals surface area contributed by atoms with E-state index in [1.807, 2.05) is 0 Å². The summed E-state index contributed by atoms with van der Waals surface area (Å²) in [6.45, 7) is 4.43. The Hall–Kier alpha value is -2.30. The highest BCUT2D eigenvalue weighted by atomic mass is 16.8. The van der Waals surface area contributed by atoms with E-state index in [1.54, 1.807) is 30.3 Å². The SMILES string of the molecule is C=COC(=O)OC(OC(C)=O)c1ccccc1. The Bertz CT molecular complexity index is 399. The molecule has 0 bridgehead atoms. The minimum absolute atomic E-state index is 0.531. The minimum Gasteiger partial charge on any atom is -0.421 e. The van der Waals surface area contributed by atoms with E-state index in [2.05, 4.69) is 11.3 Å². The van der Waals surface area contributed by atoms with E-state index < -0.39 is 18.4 Å². The van der Waals surface area contributed by atoms with Gasteiger partial charge in [0.2, 0.25) is 0 Å². The number of esters is 1. The number of hydrogen-bond donors (Lipinski definition) is 0. The van der Waals surface area contributed by atoms with Crippen molar-refractivity contribution in [2.24, 2.45) is 0 Å². The number of rotatable bonds is 4. The lowest BCUT2D eigenvalue weighted by Gasteiger charge is -2.16. The highest BCUT2D eigenvalue weighted by molar-refractivity contribution is 5.67. The van der Waals surface area contributed by atoms with Gasteiger partial charge in [-0.1, -0.05) is 36.9 Å². The first-order valence-electron chi connectivity index (χ1n) is 4.84. The lowest BCUT2D eigenvalue weighted by atomic mass is 10.2. The number of benzene rings is 1. The number of carbonyl (C=O) groups excluding carboxylic acids is 2. The molecule has 1 rings (SSSR count). The highest BCUT2D eigenvalue weighted by Crippen LogP contribution is 2.19. The summed E-state index contributed by atoms with van der Waals surface area (Å²) in [7, 11) is 0. The molecule has 0 amide bonds. The second-order valence-electron chi connectivity index (χ2n) is 3.00. The smallest absolute Gasteiger partial charge is 0.421 e. The molecule has 0 fully saturated rings. The molecular weight excluding hydrogens is 224 g/mol. The number of carbonyl (C=O) groups is 2. The largest absolute Gasteiger partial charge is 0.516 e. The van der Waals surface area contributed by atoms with E-state index in [1.165, 1.54) is 6.92 Å². The van der Waals surface area contributed by atoms with Crippen LogP contribution in [0, 0.1) is 0 Å². The molecule has 0 saturated carbocycles. The van der Waals surface area contributed by atoms with Gasteiger partial charge in [-0.25, -0.2) is 4.79 Å². The molecule has 0 radical (unpaired) electrons. The molecule has 0 aliphatic heterocycles. The lowest BCUT2D eigenvalue weighted by molar-refractivity contribution is -0.169. The monoisotopic (exact) mass is 236 g/mol. The molecule has 0 heterocycles. The van der Waals surface area contributed by atoms with E-state index in [-0.39, 0.29) is 0 Å². The second-order valence-corrected chi connectivity index (χ2v) is 3.00. The normalized spacial score (nSPS) is 11.1. The molecule has 1 unspecified atom stereocenters. The summed E-state index contributed by atoms with van der Waals surface area (Å²) in [5.41, 5.74) is 0.531. The molecule has 17 heavy (non-hydrogen) atoms. The summed E-state index contributed by atoms with van der Waals surface area (Å²) in [6, 6.07) is 8.57. The van der Waals surface area contributed by atoms with Gasteiger partial charge in [0, 0.05) is 12.5 Å². The maximum Gasteiger partial charge on any atom is 0.516 e. The van der Waals surface area contributed by atoms with Crippen LogP contribution in [0.25, 0.3) is 0 Å². The van der Waals surface area contributed by atoms with Crippen LogP contribution in [0.4, 0.5) is 4.79 Å². The average Bonchev–Trinajstić information content (AvgIpc) is 2.29. The maximum atomic E-state index is 11.1. The van der Waals surface area contributed by atoms with E-state index in [0.717, 1.165) is 6.26 Å². The maximum absolute atomic E-state index is 11.1. The van der Waals surface area contributed by atoms with Gasteiger partial charge < -0.3 is 14.2 Å². The van der Waals surface area contributed by atoms with Crippen LogP contribution in [0.5, 0.6) is 0 Å². The summed E-state index contributed by atoms with van der Waals surface area (Å²) in [4.78, 5) is 22.0. The zero-order valence-electron chi connectivity index (χ0n) is 9.29. The van der Waals surface area contributed by atoms with E-state index >= 15 is 0 Å². The summed E-state index contributed by atoms with van der Waals surface area (Å²) < 4.78 is 14.1. The molecule has 90 valence electrons. The highest BCUT2D eigenvalue weighted by Gasteiger charge is 2.19. The Morgan fingerprint density at radius 3 is 2.41 bits per heavy atom. The van der Waals surface area contributed by atoms with Gasteiger partial charge in [0.05, 0.1) is 6.26 Å². The van der Waals surface area contributed by atoms with Crippen molar-refractivity contribution in [3.8, 4) is 0 Å². The zero-order chi connectivity index (χ0) is 12.7. The van der Waals surface area contributed by atoms with E-state index in [0.29, 0.717) is 5.56 Å². The van der Waals surface area contributed by atoms with Gasteiger partial charge in [0.25, 0.3) is 6.29 Å². The predicted octanol–water partition coefficient (Wildman–Crippen LogP) is 2.55. The van der Waals surface area contributed by atoms with Crippen LogP contribution in [0.3, 0.4) is 0 Å². The van der Waals surface area contributed by atoms with Gasteiger partial charge in [0.15, 0.2) is 0 Å². The molecule has 0 aliphatic carbocycles. The van der Waals surface area contributed by atoms with Gasteiger partial charge in [-0.05, 0) is 0 Å². The molecule has 0 spiro atoms. The van der Waals surface area contributed by atoms with Gasteiger partial charge in [0.1, 0.15) is 0 Å². The van der Waals surface area contributed by atoms with Gasteiger partial charge in [-0.3, -0.25) is 4.79 Å². The molecule has 1 aromatic carbocycles. The summed E-state index contributed by atoms with van der Waals surface area (Å²) >= 11 is 0. The van der Waals surface area contributed by atoms with Crippen molar-refractivity contribution in [3.05, 3.63) is 48.7 Å². The molecule has 0 aliphatic rings. The molecule has 1 atom stereocenters. The molecule has 5 heteroatoms. The minimum atomic E-state index is -1.12. The topological polar surface area (TPSA) is 61.8 Å². The second kappa shape index (κ2) is 6.32. The van der Waals surface area contributed by atoms with Crippen LogP contribution in [-0.4, -0.2) is 12.1 Å². The van der Waals surface area contributed by atoms with Crippen molar-refractivity contribution in [3.63, 3.8) is 0 Å². The van der Waals surface area contributed by atoms with Crippen LogP contribution in [0.15, 0.2) is 43.2 Å². The van der Waals surface area contributed by atoms with E-state index in [4.69, 9.17) is 9.47 Å². The Morgan fingerprint density at radius 2 is 1.88 bits per heavy atom. The van der Waals surface area contributed by atoms with Crippen molar-refractivity contribution in [2.45, 2.75) is 13.2 Å². The number of ether oxygens (including phenoxy) is 3. The van der Waals surface area contributed by atoms with Crippen LogP contribution < -0.4 is 0 Å². The summed E-state index contributed by atoms with van der Waals surface area (Å²) in [5.74, 6) is -0.565. The van der Waals surface area contributed by atoms with Crippen molar-refractivity contribution >= 4 is 12.1 Å². The van der Waals surface area contributed by atoms with Crippen molar-refractivity contribution < 1.29 is 23.8 Å². The quantitative estimate of drug-likeness (QED) is 0.456. The Morgan fingerprint density at radius 1 is 1.24 bits per heavy atom. The average molecular weight is 236 g/mol. The molecule has 0 saturated heterocycles. The van der Waals surface area contributed by atoms with Crippen LogP contribution in [0.2, 0.25) is 0 Å². The standard InChI is InChI=1S/C12H12O5/c1-3-15-12(14)17-11(16-9(2)13)10-7-5-4-6-8-10/h3-8,11H,1H2,2H3. The fourth-order valence-corrected chi connectivity index (χ4v) is 1.10. The molecular formula is C12H12O5. The molecule has 0 aromatic heterocycles.